The third-order valence-electron chi connectivity index (χ3n) is 5.21. The molecule has 0 saturated carbocycles. The summed E-state index contributed by atoms with van der Waals surface area (Å²) in [5, 5.41) is 3.15. The zero-order valence-corrected chi connectivity index (χ0v) is 16.9. The Hall–Kier alpha value is -4.21. The lowest BCUT2D eigenvalue weighted by atomic mass is 10.1. The summed E-state index contributed by atoms with van der Waals surface area (Å²) >= 11 is 0. The van der Waals surface area contributed by atoms with Crippen molar-refractivity contribution >= 4 is 27.9 Å². The summed E-state index contributed by atoms with van der Waals surface area (Å²) in [6.07, 6.45) is 3.42. The van der Waals surface area contributed by atoms with E-state index in [-0.39, 0.29) is 10.9 Å². The highest BCUT2D eigenvalue weighted by Gasteiger charge is 2.23. The Balaban J connectivity index is 1.74. The van der Waals surface area contributed by atoms with Crippen molar-refractivity contribution in [1.82, 2.24) is 29.5 Å². The minimum atomic E-state index is -0.669. The SMILES string of the molecule is CCC(Nc1ncnc2[nH]cnc12)c1nc2cccc(F)c2c(=O)n1-c1ccc(F)cc1. The van der Waals surface area contributed by atoms with Gasteiger partial charge in [0.25, 0.3) is 5.56 Å². The van der Waals surface area contributed by atoms with Crippen molar-refractivity contribution in [2.45, 2.75) is 19.4 Å². The van der Waals surface area contributed by atoms with Crippen molar-refractivity contribution in [3.63, 3.8) is 0 Å². The van der Waals surface area contributed by atoms with Gasteiger partial charge in [0.2, 0.25) is 0 Å². The topological polar surface area (TPSA) is 101 Å². The first kappa shape index (κ1) is 19.7. The molecule has 0 bridgehead atoms. The van der Waals surface area contributed by atoms with Gasteiger partial charge in [0, 0.05) is 0 Å². The van der Waals surface area contributed by atoms with Crippen molar-refractivity contribution in [3.8, 4) is 5.69 Å². The molecule has 3 aromatic heterocycles. The average molecular weight is 433 g/mol. The van der Waals surface area contributed by atoms with Crippen molar-refractivity contribution in [1.29, 1.82) is 0 Å². The van der Waals surface area contributed by atoms with Crippen LogP contribution in [-0.2, 0) is 0 Å². The minimum absolute atomic E-state index is 0.132. The smallest absolute Gasteiger partial charge is 0.269 e. The fraction of sp³-hybridized carbons (Fsp3) is 0.136. The third kappa shape index (κ3) is 3.25. The van der Waals surface area contributed by atoms with Crippen molar-refractivity contribution in [2.24, 2.45) is 0 Å². The molecular weight excluding hydrogens is 416 g/mol. The lowest BCUT2D eigenvalue weighted by Crippen LogP contribution is -2.28. The van der Waals surface area contributed by atoms with Gasteiger partial charge in [-0.05, 0) is 42.8 Å². The Kier molecular flexibility index (Phi) is 4.81. The van der Waals surface area contributed by atoms with E-state index in [4.69, 9.17) is 0 Å². The molecular formula is C22H17F2N7O. The van der Waals surface area contributed by atoms with Crippen LogP contribution in [0.25, 0.3) is 27.8 Å². The molecule has 32 heavy (non-hydrogen) atoms. The standard InChI is InChI=1S/C22H17F2N7O/c1-2-15(29-20-18-19(26-10-25-18)27-11-28-20)21-30-16-5-3-4-14(24)17(16)22(32)31(21)13-8-6-12(23)7-9-13/h3-11,15H,2H2,1H3,(H2,25,26,27,28,29). The summed E-state index contributed by atoms with van der Waals surface area (Å²) < 4.78 is 29.4. The summed E-state index contributed by atoms with van der Waals surface area (Å²) in [5.41, 5.74) is 1.12. The van der Waals surface area contributed by atoms with Gasteiger partial charge >= 0.3 is 0 Å². The summed E-state index contributed by atoms with van der Waals surface area (Å²) in [6, 6.07) is 9.20. The van der Waals surface area contributed by atoms with Crippen LogP contribution in [0.3, 0.4) is 0 Å². The zero-order valence-electron chi connectivity index (χ0n) is 16.9. The molecule has 0 saturated heterocycles. The number of fused-ring (bicyclic) bond motifs is 2. The van der Waals surface area contributed by atoms with E-state index in [1.54, 1.807) is 6.07 Å². The summed E-state index contributed by atoms with van der Waals surface area (Å²) in [6.45, 7) is 1.91. The summed E-state index contributed by atoms with van der Waals surface area (Å²) in [7, 11) is 0. The lowest BCUT2D eigenvalue weighted by molar-refractivity contribution is 0.623. The van der Waals surface area contributed by atoms with E-state index >= 15 is 0 Å². The van der Waals surface area contributed by atoms with Crippen LogP contribution in [0.1, 0.15) is 25.2 Å². The molecule has 0 aliphatic carbocycles. The number of halogens is 2. The fourth-order valence-corrected chi connectivity index (χ4v) is 3.66. The van der Waals surface area contributed by atoms with E-state index in [1.807, 2.05) is 6.92 Å². The molecule has 1 unspecified atom stereocenters. The number of nitrogens with zero attached hydrogens (tertiary/aromatic N) is 5. The maximum Gasteiger partial charge on any atom is 0.269 e. The maximum absolute atomic E-state index is 14.5. The Morgan fingerprint density at radius 1 is 1.09 bits per heavy atom. The largest absolute Gasteiger partial charge is 0.358 e. The first-order valence-corrected chi connectivity index (χ1v) is 9.94. The molecule has 2 aromatic carbocycles. The van der Waals surface area contributed by atoms with Crippen LogP contribution >= 0.6 is 0 Å². The molecule has 5 aromatic rings. The van der Waals surface area contributed by atoms with E-state index < -0.39 is 23.2 Å². The average Bonchev–Trinajstić information content (AvgIpc) is 3.28. The second-order valence-electron chi connectivity index (χ2n) is 7.15. The molecule has 160 valence electrons. The number of hydrogen-bond donors (Lipinski definition) is 2. The molecule has 10 heteroatoms. The van der Waals surface area contributed by atoms with E-state index in [0.717, 1.165) is 0 Å². The van der Waals surface area contributed by atoms with Gasteiger partial charge in [0.1, 0.15) is 34.7 Å². The Labute approximate surface area is 180 Å². The molecule has 2 N–H and O–H groups in total. The van der Waals surface area contributed by atoms with E-state index in [1.165, 1.54) is 53.6 Å². The molecule has 3 heterocycles. The van der Waals surface area contributed by atoms with Crippen LogP contribution in [0.5, 0.6) is 0 Å². The second-order valence-corrected chi connectivity index (χ2v) is 7.15. The predicted molar refractivity (Wildman–Crippen MR) is 116 cm³/mol. The molecule has 0 spiro atoms. The molecule has 8 nitrogen and oxygen atoms in total. The number of anilines is 1. The molecule has 0 fully saturated rings. The van der Waals surface area contributed by atoms with E-state index in [2.05, 4.69) is 30.2 Å². The van der Waals surface area contributed by atoms with Gasteiger partial charge in [-0.2, -0.15) is 0 Å². The molecule has 0 radical (unpaired) electrons. The highest BCUT2D eigenvalue weighted by atomic mass is 19.1. The highest BCUT2D eigenvalue weighted by molar-refractivity contribution is 5.82. The monoisotopic (exact) mass is 433 g/mol. The predicted octanol–water partition coefficient (Wildman–Crippen LogP) is 3.89. The van der Waals surface area contributed by atoms with Gasteiger partial charge in [0.15, 0.2) is 11.5 Å². The van der Waals surface area contributed by atoms with E-state index in [9.17, 15) is 13.6 Å². The number of aromatic nitrogens is 6. The molecule has 0 aliphatic rings. The van der Waals surface area contributed by atoms with Crippen LogP contribution in [0, 0.1) is 11.6 Å². The van der Waals surface area contributed by atoms with Gasteiger partial charge in [0.05, 0.1) is 23.6 Å². The number of hydrogen-bond acceptors (Lipinski definition) is 6. The van der Waals surface area contributed by atoms with Crippen LogP contribution in [-0.4, -0.2) is 29.5 Å². The van der Waals surface area contributed by atoms with Gasteiger partial charge in [-0.15, -0.1) is 0 Å². The first-order chi connectivity index (χ1) is 15.6. The maximum atomic E-state index is 14.5. The first-order valence-electron chi connectivity index (χ1n) is 9.94. The van der Waals surface area contributed by atoms with Crippen molar-refractivity contribution in [3.05, 3.63) is 82.9 Å². The minimum Gasteiger partial charge on any atom is -0.358 e. The molecule has 0 aliphatic heterocycles. The number of benzene rings is 2. The van der Waals surface area contributed by atoms with Crippen LogP contribution < -0.4 is 10.9 Å². The fourth-order valence-electron chi connectivity index (χ4n) is 3.66. The normalized spacial score (nSPS) is 12.3. The van der Waals surface area contributed by atoms with Crippen LogP contribution in [0.15, 0.2) is 59.9 Å². The van der Waals surface area contributed by atoms with Crippen molar-refractivity contribution < 1.29 is 8.78 Å². The summed E-state index contributed by atoms with van der Waals surface area (Å²) in [5.74, 6) is -0.320. The number of H-pyrrole nitrogens is 1. The third-order valence-corrected chi connectivity index (χ3v) is 5.21. The Morgan fingerprint density at radius 2 is 1.91 bits per heavy atom. The molecule has 5 rings (SSSR count). The number of imidazole rings is 1. The number of nitrogens with one attached hydrogen (secondary N) is 2. The van der Waals surface area contributed by atoms with Crippen molar-refractivity contribution in [2.75, 3.05) is 5.32 Å². The second kappa shape index (κ2) is 7.80. The van der Waals surface area contributed by atoms with Gasteiger partial charge < -0.3 is 10.3 Å². The summed E-state index contributed by atoms with van der Waals surface area (Å²) in [4.78, 5) is 33.6. The highest BCUT2D eigenvalue weighted by Crippen LogP contribution is 2.26. The van der Waals surface area contributed by atoms with Crippen LogP contribution in [0.4, 0.5) is 14.6 Å². The van der Waals surface area contributed by atoms with Gasteiger partial charge in [-0.3, -0.25) is 9.36 Å². The zero-order chi connectivity index (χ0) is 22.2. The number of aromatic amines is 1. The lowest BCUT2D eigenvalue weighted by Gasteiger charge is -2.22. The Bertz CT molecular complexity index is 1490. The Morgan fingerprint density at radius 3 is 2.69 bits per heavy atom. The van der Waals surface area contributed by atoms with Gasteiger partial charge in [-0.25, -0.2) is 28.7 Å². The van der Waals surface area contributed by atoms with E-state index in [0.29, 0.717) is 34.9 Å². The van der Waals surface area contributed by atoms with Gasteiger partial charge in [-0.1, -0.05) is 13.0 Å². The molecule has 1 atom stereocenters. The van der Waals surface area contributed by atoms with Crippen LogP contribution in [0.2, 0.25) is 0 Å². The number of rotatable bonds is 5. The quantitative estimate of drug-likeness (QED) is 0.436. The molecule has 0 amide bonds.